The molecule has 3 nitrogen and oxygen atoms in total. The van der Waals surface area contributed by atoms with Crippen LogP contribution in [0.3, 0.4) is 0 Å². The van der Waals surface area contributed by atoms with Crippen molar-refractivity contribution in [2.45, 2.75) is 6.92 Å². The highest BCUT2D eigenvalue weighted by molar-refractivity contribution is 9.10. The normalized spacial score (nSPS) is 10.3. The van der Waals surface area contributed by atoms with Gasteiger partial charge < -0.3 is 0 Å². The molecule has 0 N–H and O–H groups in total. The average Bonchev–Trinajstić information content (AvgIpc) is 2.23. The Morgan fingerprint density at radius 2 is 2.33 bits per heavy atom. The molecule has 78 valence electrons. The molecule has 5 heteroatoms. The highest BCUT2D eigenvalue weighted by Gasteiger charge is 2.05. The number of aryl methyl sites for hydroxylation is 1. The summed E-state index contributed by atoms with van der Waals surface area (Å²) in [7, 11) is 0. The van der Waals surface area contributed by atoms with Crippen LogP contribution < -0.4 is 0 Å². The van der Waals surface area contributed by atoms with E-state index < -0.39 is 0 Å². The fourth-order valence-electron chi connectivity index (χ4n) is 1.09. The van der Waals surface area contributed by atoms with E-state index in [4.69, 9.17) is 5.53 Å². The molecule has 0 saturated heterocycles. The number of hydrogen-bond acceptors (Lipinski definition) is 1. The van der Waals surface area contributed by atoms with E-state index in [1.54, 1.807) is 18.2 Å². The number of nitrogens with zero attached hydrogens (tertiary/aromatic N) is 3. The Kier molecular flexibility index (Phi) is 4.34. The van der Waals surface area contributed by atoms with Gasteiger partial charge in [-0.25, -0.2) is 4.39 Å². The van der Waals surface area contributed by atoms with Gasteiger partial charge >= 0.3 is 0 Å². The van der Waals surface area contributed by atoms with Crippen molar-refractivity contribution in [2.24, 2.45) is 5.11 Å². The molecule has 0 atom stereocenters. The lowest BCUT2D eigenvalue weighted by atomic mass is 10.1. The topological polar surface area (TPSA) is 48.8 Å². The Labute approximate surface area is 95.4 Å². The molecule has 0 radical (unpaired) electrons. The predicted octanol–water partition coefficient (Wildman–Crippen LogP) is 4.22. The van der Waals surface area contributed by atoms with E-state index in [1.807, 2.05) is 6.92 Å². The minimum absolute atomic E-state index is 0.219. The fourth-order valence-corrected chi connectivity index (χ4v) is 1.54. The smallest absolute Gasteiger partial charge is 0.131 e. The van der Waals surface area contributed by atoms with Crippen LogP contribution >= 0.6 is 15.9 Å². The van der Waals surface area contributed by atoms with E-state index in [2.05, 4.69) is 26.0 Å². The van der Waals surface area contributed by atoms with Crippen molar-refractivity contribution in [1.82, 2.24) is 0 Å². The molecule has 0 fully saturated rings. The number of azide groups is 1. The van der Waals surface area contributed by atoms with E-state index >= 15 is 0 Å². The first-order chi connectivity index (χ1) is 7.16. The van der Waals surface area contributed by atoms with Crippen LogP contribution in [0.25, 0.3) is 16.5 Å². The van der Waals surface area contributed by atoms with Gasteiger partial charge in [-0.05, 0) is 40.0 Å². The van der Waals surface area contributed by atoms with Crippen LogP contribution in [0.1, 0.15) is 11.1 Å². The van der Waals surface area contributed by atoms with Crippen molar-refractivity contribution in [1.29, 1.82) is 0 Å². The van der Waals surface area contributed by atoms with Crippen LogP contribution in [0.2, 0.25) is 0 Å². The molecular formula is C10H9BrFN3. The summed E-state index contributed by atoms with van der Waals surface area (Å²) < 4.78 is 14.1. The zero-order valence-electron chi connectivity index (χ0n) is 8.11. The molecule has 0 aliphatic carbocycles. The van der Waals surface area contributed by atoms with Crippen molar-refractivity contribution in [2.75, 3.05) is 6.54 Å². The summed E-state index contributed by atoms with van der Waals surface area (Å²) >= 11 is 3.31. The Balaban J connectivity index is 2.98. The van der Waals surface area contributed by atoms with Crippen molar-refractivity contribution in [3.8, 4) is 0 Å². The van der Waals surface area contributed by atoms with E-state index in [1.165, 1.54) is 6.07 Å². The second-order valence-electron chi connectivity index (χ2n) is 2.91. The average molecular weight is 270 g/mol. The summed E-state index contributed by atoms with van der Waals surface area (Å²) in [4.78, 5) is 2.60. The zero-order chi connectivity index (χ0) is 11.3. The molecule has 0 spiro atoms. The van der Waals surface area contributed by atoms with Crippen LogP contribution in [0, 0.1) is 12.7 Å². The first-order valence-corrected chi connectivity index (χ1v) is 5.08. The highest BCUT2D eigenvalue weighted by atomic mass is 79.9. The van der Waals surface area contributed by atoms with Crippen LogP contribution in [-0.2, 0) is 0 Å². The summed E-state index contributed by atoms with van der Waals surface area (Å²) in [6.45, 7) is 2.10. The largest absolute Gasteiger partial charge is 0.206 e. The lowest BCUT2D eigenvalue weighted by Crippen LogP contribution is -1.87. The van der Waals surface area contributed by atoms with Crippen LogP contribution in [0.4, 0.5) is 4.39 Å². The summed E-state index contributed by atoms with van der Waals surface area (Å²) in [6, 6.07) is 3.11. The Bertz CT molecular complexity index is 437. The maximum Gasteiger partial charge on any atom is 0.131 e. The summed E-state index contributed by atoms with van der Waals surface area (Å²) in [5.74, 6) is -0.301. The van der Waals surface area contributed by atoms with Gasteiger partial charge in [-0.2, -0.15) is 0 Å². The first-order valence-electron chi connectivity index (χ1n) is 4.29. The van der Waals surface area contributed by atoms with Crippen molar-refractivity contribution < 1.29 is 4.39 Å². The summed E-state index contributed by atoms with van der Waals surface area (Å²) in [5, 5.41) is 3.32. The second kappa shape index (κ2) is 5.53. The molecule has 0 amide bonds. The molecule has 15 heavy (non-hydrogen) atoms. The quantitative estimate of drug-likeness (QED) is 0.448. The third kappa shape index (κ3) is 3.08. The molecule has 1 rings (SSSR count). The van der Waals surface area contributed by atoms with Gasteiger partial charge in [-0.15, -0.1) is 0 Å². The van der Waals surface area contributed by atoms with Gasteiger partial charge in [0.2, 0.25) is 0 Å². The maximum absolute atomic E-state index is 13.4. The molecule has 0 aliphatic heterocycles. The molecule has 1 aromatic rings. The van der Waals surface area contributed by atoms with Gasteiger partial charge in [0.05, 0.1) is 0 Å². The van der Waals surface area contributed by atoms with E-state index in [-0.39, 0.29) is 12.4 Å². The van der Waals surface area contributed by atoms with Gasteiger partial charge in [-0.3, -0.25) is 0 Å². The number of rotatable bonds is 3. The van der Waals surface area contributed by atoms with Gasteiger partial charge in [0.25, 0.3) is 0 Å². The minimum Gasteiger partial charge on any atom is -0.206 e. The van der Waals surface area contributed by atoms with Crippen molar-refractivity contribution in [3.05, 3.63) is 50.1 Å². The fraction of sp³-hybridized carbons (Fsp3) is 0.200. The Hall–Kier alpha value is -1.32. The lowest BCUT2D eigenvalue weighted by molar-refractivity contribution is 0.623. The third-order valence-electron chi connectivity index (χ3n) is 1.85. The van der Waals surface area contributed by atoms with Crippen LogP contribution in [-0.4, -0.2) is 6.54 Å². The molecule has 0 unspecified atom stereocenters. The third-order valence-corrected chi connectivity index (χ3v) is 2.91. The molecule has 0 aliphatic rings. The van der Waals surface area contributed by atoms with Gasteiger partial charge in [-0.1, -0.05) is 23.3 Å². The monoisotopic (exact) mass is 269 g/mol. The molecule has 1 aromatic carbocycles. The zero-order valence-corrected chi connectivity index (χ0v) is 9.70. The van der Waals surface area contributed by atoms with Crippen LogP contribution in [0.15, 0.2) is 27.8 Å². The van der Waals surface area contributed by atoms with E-state index in [9.17, 15) is 4.39 Å². The standard InChI is InChI=1S/C10H9BrFN3/c1-7-4-5-9(12)8(10(7)11)3-2-6-14-15-13/h2-5H,6H2,1H3. The number of halogens is 2. The summed E-state index contributed by atoms with van der Waals surface area (Å²) in [5.41, 5.74) is 9.49. The van der Waals surface area contributed by atoms with Crippen LogP contribution in [0.5, 0.6) is 0 Å². The minimum atomic E-state index is -0.301. The van der Waals surface area contributed by atoms with Crippen molar-refractivity contribution in [3.63, 3.8) is 0 Å². The summed E-state index contributed by atoms with van der Waals surface area (Å²) in [6.07, 6.45) is 3.21. The predicted molar refractivity (Wildman–Crippen MR) is 61.9 cm³/mol. The van der Waals surface area contributed by atoms with Crippen molar-refractivity contribution >= 4 is 22.0 Å². The van der Waals surface area contributed by atoms with E-state index in [0.717, 1.165) is 10.0 Å². The molecule has 0 heterocycles. The Morgan fingerprint density at radius 1 is 1.60 bits per heavy atom. The highest BCUT2D eigenvalue weighted by Crippen LogP contribution is 2.25. The van der Waals surface area contributed by atoms with Gasteiger partial charge in [0, 0.05) is 21.5 Å². The molecule has 0 bridgehead atoms. The second-order valence-corrected chi connectivity index (χ2v) is 3.70. The Morgan fingerprint density at radius 3 is 3.00 bits per heavy atom. The first kappa shape index (κ1) is 11.8. The van der Waals surface area contributed by atoms with Gasteiger partial charge in [0.1, 0.15) is 5.82 Å². The van der Waals surface area contributed by atoms with Gasteiger partial charge in [0.15, 0.2) is 0 Å². The molecule has 0 saturated carbocycles. The maximum atomic E-state index is 13.4. The number of hydrogen-bond donors (Lipinski definition) is 0. The molecular weight excluding hydrogens is 261 g/mol. The van der Waals surface area contributed by atoms with E-state index in [0.29, 0.717) is 5.56 Å². The SMILES string of the molecule is Cc1ccc(F)c(C=CCN=[N+]=[N-])c1Br. The number of benzene rings is 1. The molecule has 0 aromatic heterocycles. The lowest BCUT2D eigenvalue weighted by Gasteiger charge is -2.03.